The van der Waals surface area contributed by atoms with Crippen LogP contribution in [-0.2, 0) is 9.84 Å². The van der Waals surface area contributed by atoms with Crippen molar-refractivity contribution in [3.05, 3.63) is 53.3 Å². The molecule has 0 unspecified atom stereocenters. The Bertz CT molecular complexity index is 965. The Morgan fingerprint density at radius 2 is 1.87 bits per heavy atom. The molecule has 2 aromatic heterocycles. The number of halogens is 1. The van der Waals surface area contributed by atoms with E-state index < -0.39 is 9.84 Å². The van der Waals surface area contributed by atoms with Crippen LogP contribution in [0.2, 0.25) is 0 Å². The Balaban J connectivity index is 2.10. The van der Waals surface area contributed by atoms with E-state index in [-0.39, 0.29) is 4.90 Å². The monoisotopic (exact) mass is 392 g/mol. The van der Waals surface area contributed by atoms with Crippen molar-refractivity contribution in [3.63, 3.8) is 0 Å². The number of hydrogen-bond donors (Lipinski definition) is 1. The molecule has 0 saturated heterocycles. The molecule has 0 amide bonds. The van der Waals surface area contributed by atoms with Crippen LogP contribution in [-0.4, -0.2) is 29.4 Å². The van der Waals surface area contributed by atoms with E-state index in [1.165, 1.54) is 6.26 Å². The Morgan fingerprint density at radius 1 is 1.17 bits per heavy atom. The molecule has 0 aliphatic carbocycles. The van der Waals surface area contributed by atoms with E-state index in [1.807, 2.05) is 6.07 Å². The van der Waals surface area contributed by atoms with Crippen molar-refractivity contribution in [3.8, 4) is 16.9 Å². The number of anilines is 1. The highest BCUT2D eigenvalue weighted by atomic mass is 79.9. The lowest BCUT2D eigenvalue weighted by atomic mass is 10.2. The van der Waals surface area contributed by atoms with Gasteiger partial charge in [-0.05, 0) is 52.3 Å². The van der Waals surface area contributed by atoms with Crippen LogP contribution in [0.3, 0.4) is 0 Å². The predicted molar refractivity (Wildman–Crippen MR) is 92.0 cm³/mol. The lowest BCUT2D eigenvalue weighted by Gasteiger charge is -2.10. The minimum absolute atomic E-state index is 0.268. The fraction of sp³-hybridized carbons (Fsp3) is 0.0667. The number of rotatable bonds is 3. The van der Waals surface area contributed by atoms with Gasteiger partial charge < -0.3 is 5.73 Å². The number of hydrogen-bond acceptors (Lipinski definition) is 5. The lowest BCUT2D eigenvalue weighted by Crippen LogP contribution is -2.02. The summed E-state index contributed by atoms with van der Waals surface area (Å²) < 4.78 is 25.6. The zero-order valence-electron chi connectivity index (χ0n) is 12.1. The molecule has 1 aromatic carbocycles. The van der Waals surface area contributed by atoms with Crippen LogP contribution < -0.4 is 5.73 Å². The van der Waals surface area contributed by atoms with Gasteiger partial charge in [0.2, 0.25) is 0 Å². The van der Waals surface area contributed by atoms with Gasteiger partial charge in [0.15, 0.2) is 9.84 Å². The van der Waals surface area contributed by atoms with Gasteiger partial charge >= 0.3 is 0 Å². The van der Waals surface area contributed by atoms with Crippen LogP contribution in [0.5, 0.6) is 0 Å². The largest absolute Gasteiger partial charge is 0.384 e. The van der Waals surface area contributed by atoms with E-state index in [2.05, 4.69) is 26.0 Å². The predicted octanol–water partition coefficient (Wildman–Crippen LogP) is 2.68. The standard InChI is InChI=1S/C15H13BrN4O2S/c1-23(21,22)11-4-2-10(3-5-11)20-14(6-7-19-20)12-8-15(17)18-9-13(12)16/h2-9H,1H3,(H2,17,18). The summed E-state index contributed by atoms with van der Waals surface area (Å²) in [6.07, 6.45) is 4.48. The number of nitrogens with zero attached hydrogens (tertiary/aromatic N) is 3. The van der Waals surface area contributed by atoms with Crippen molar-refractivity contribution in [2.45, 2.75) is 4.90 Å². The normalized spacial score (nSPS) is 11.6. The third-order valence-corrected chi connectivity index (χ3v) is 5.07. The SMILES string of the molecule is CS(=O)(=O)c1ccc(-n2nccc2-c2cc(N)ncc2Br)cc1. The second-order valence-electron chi connectivity index (χ2n) is 4.98. The molecular formula is C15H13BrN4O2S. The van der Waals surface area contributed by atoms with E-state index in [0.29, 0.717) is 5.82 Å². The highest BCUT2D eigenvalue weighted by Crippen LogP contribution is 2.30. The van der Waals surface area contributed by atoms with Crippen LogP contribution in [0.15, 0.2) is 58.2 Å². The molecule has 6 nitrogen and oxygen atoms in total. The minimum Gasteiger partial charge on any atom is -0.384 e. The summed E-state index contributed by atoms with van der Waals surface area (Å²) in [6.45, 7) is 0. The first kappa shape index (κ1) is 15.7. The molecule has 0 aliphatic rings. The molecule has 0 spiro atoms. The number of nitrogen functional groups attached to an aromatic ring is 1. The van der Waals surface area contributed by atoms with Gasteiger partial charge in [0, 0.05) is 22.5 Å². The lowest BCUT2D eigenvalue weighted by molar-refractivity contribution is 0.602. The van der Waals surface area contributed by atoms with Gasteiger partial charge in [-0.25, -0.2) is 18.1 Å². The van der Waals surface area contributed by atoms with Crippen LogP contribution in [0.1, 0.15) is 0 Å². The van der Waals surface area contributed by atoms with Gasteiger partial charge in [0.1, 0.15) is 5.82 Å². The molecule has 23 heavy (non-hydrogen) atoms. The number of aromatic nitrogens is 3. The summed E-state index contributed by atoms with van der Waals surface area (Å²) in [5.41, 5.74) is 8.18. The first-order valence-electron chi connectivity index (χ1n) is 6.62. The van der Waals surface area contributed by atoms with E-state index in [4.69, 9.17) is 5.73 Å². The summed E-state index contributed by atoms with van der Waals surface area (Å²) in [5, 5.41) is 4.31. The van der Waals surface area contributed by atoms with Gasteiger partial charge in [-0.15, -0.1) is 0 Å². The van der Waals surface area contributed by atoms with Gasteiger partial charge in [0.05, 0.1) is 22.5 Å². The molecule has 2 N–H and O–H groups in total. The summed E-state index contributed by atoms with van der Waals surface area (Å²) in [6, 6.07) is 10.2. The van der Waals surface area contributed by atoms with Gasteiger partial charge in [0.25, 0.3) is 0 Å². The number of sulfone groups is 1. The van der Waals surface area contributed by atoms with Gasteiger partial charge in [-0.1, -0.05) is 0 Å². The highest BCUT2D eigenvalue weighted by Gasteiger charge is 2.13. The van der Waals surface area contributed by atoms with Crippen LogP contribution in [0, 0.1) is 0 Å². The maximum Gasteiger partial charge on any atom is 0.175 e. The molecule has 2 heterocycles. The van der Waals surface area contributed by atoms with Gasteiger partial charge in [-0.3, -0.25) is 0 Å². The van der Waals surface area contributed by atoms with Crippen LogP contribution >= 0.6 is 15.9 Å². The fourth-order valence-corrected chi connectivity index (χ4v) is 3.25. The number of pyridine rings is 1. The van der Waals surface area contributed by atoms with Crippen molar-refractivity contribution in [2.24, 2.45) is 0 Å². The van der Waals surface area contributed by atoms with Crippen molar-refractivity contribution in [2.75, 3.05) is 12.0 Å². The molecular weight excluding hydrogens is 380 g/mol. The molecule has 118 valence electrons. The molecule has 0 aliphatic heterocycles. The summed E-state index contributed by atoms with van der Waals surface area (Å²) >= 11 is 3.46. The number of benzene rings is 1. The first-order valence-corrected chi connectivity index (χ1v) is 9.30. The molecule has 0 fully saturated rings. The summed E-state index contributed by atoms with van der Waals surface area (Å²) in [7, 11) is -3.22. The minimum atomic E-state index is -3.22. The van der Waals surface area contributed by atoms with E-state index in [1.54, 1.807) is 47.4 Å². The Morgan fingerprint density at radius 3 is 2.52 bits per heavy atom. The Hall–Kier alpha value is -2.19. The van der Waals surface area contributed by atoms with Crippen molar-refractivity contribution < 1.29 is 8.42 Å². The van der Waals surface area contributed by atoms with Crippen molar-refractivity contribution in [1.29, 1.82) is 0 Å². The van der Waals surface area contributed by atoms with Crippen molar-refractivity contribution in [1.82, 2.24) is 14.8 Å². The van der Waals surface area contributed by atoms with E-state index >= 15 is 0 Å². The third-order valence-electron chi connectivity index (χ3n) is 3.30. The average molecular weight is 393 g/mol. The fourth-order valence-electron chi connectivity index (χ4n) is 2.20. The highest BCUT2D eigenvalue weighted by molar-refractivity contribution is 9.10. The van der Waals surface area contributed by atoms with Gasteiger partial charge in [-0.2, -0.15) is 5.10 Å². The zero-order valence-corrected chi connectivity index (χ0v) is 14.5. The first-order chi connectivity index (χ1) is 10.9. The third kappa shape index (κ3) is 3.13. The molecule has 0 bridgehead atoms. The molecule has 0 atom stereocenters. The van der Waals surface area contributed by atoms with Crippen molar-refractivity contribution >= 4 is 31.6 Å². The maximum absolute atomic E-state index is 11.6. The second kappa shape index (κ2) is 5.78. The molecule has 0 radical (unpaired) electrons. The van der Waals surface area contributed by atoms with Crippen LogP contribution in [0.4, 0.5) is 5.82 Å². The second-order valence-corrected chi connectivity index (χ2v) is 7.85. The maximum atomic E-state index is 11.6. The van der Waals surface area contributed by atoms with Crippen LogP contribution in [0.25, 0.3) is 16.9 Å². The van der Waals surface area contributed by atoms with E-state index in [0.717, 1.165) is 21.4 Å². The molecule has 3 rings (SSSR count). The summed E-state index contributed by atoms with van der Waals surface area (Å²) in [4.78, 5) is 4.29. The zero-order chi connectivity index (χ0) is 16.6. The Labute approximate surface area is 142 Å². The topological polar surface area (TPSA) is 90.9 Å². The molecule has 8 heteroatoms. The quantitative estimate of drug-likeness (QED) is 0.739. The average Bonchev–Trinajstić information content (AvgIpc) is 2.98. The molecule has 0 saturated carbocycles. The summed E-state index contributed by atoms with van der Waals surface area (Å²) in [5.74, 6) is 0.406. The Kier molecular flexibility index (Phi) is 3.95. The number of nitrogens with two attached hydrogens (primary N) is 1. The molecule has 3 aromatic rings. The smallest absolute Gasteiger partial charge is 0.175 e. The van der Waals surface area contributed by atoms with E-state index in [9.17, 15) is 8.42 Å².